The molecule has 1 amide bonds. The molecule has 1 saturated heterocycles. The zero-order valence-electron chi connectivity index (χ0n) is 14.6. The van der Waals surface area contributed by atoms with Gasteiger partial charge in [-0.15, -0.1) is 0 Å². The van der Waals surface area contributed by atoms with Gasteiger partial charge in [-0.1, -0.05) is 12.1 Å². The molecule has 25 heavy (non-hydrogen) atoms. The summed E-state index contributed by atoms with van der Waals surface area (Å²) in [6.07, 6.45) is 4.22. The maximum atomic E-state index is 12.3. The third kappa shape index (κ3) is 3.21. The normalized spacial score (nSPS) is 19.4. The minimum absolute atomic E-state index is 0.00151. The summed E-state index contributed by atoms with van der Waals surface area (Å²) in [6, 6.07) is 7.80. The number of H-pyrrole nitrogens is 1. The predicted octanol–water partition coefficient (Wildman–Crippen LogP) is 2.81. The van der Waals surface area contributed by atoms with Gasteiger partial charge in [0.1, 0.15) is 17.4 Å². The van der Waals surface area contributed by atoms with Crippen LogP contribution in [0.1, 0.15) is 42.7 Å². The zero-order valence-corrected chi connectivity index (χ0v) is 14.6. The van der Waals surface area contributed by atoms with Gasteiger partial charge in [0, 0.05) is 44.1 Å². The summed E-state index contributed by atoms with van der Waals surface area (Å²) in [5.41, 5.74) is 1.56. The monoisotopic (exact) mass is 341 g/mol. The van der Waals surface area contributed by atoms with Crippen LogP contribution in [-0.4, -0.2) is 45.8 Å². The number of likely N-dealkylation sites (tertiary alicyclic amines) is 1. The van der Waals surface area contributed by atoms with Gasteiger partial charge < -0.3 is 14.4 Å². The maximum Gasteiger partial charge on any atom is 0.271 e. The molecule has 2 aliphatic heterocycles. The molecule has 0 unspecified atom stereocenters. The molecule has 1 fully saturated rings. The largest absolute Gasteiger partial charge is 0.486 e. The molecule has 1 aromatic heterocycles. The molecule has 6 nitrogen and oxygen atoms in total. The summed E-state index contributed by atoms with van der Waals surface area (Å²) in [7, 11) is 0. The van der Waals surface area contributed by atoms with Crippen molar-refractivity contribution in [2.24, 2.45) is 0 Å². The van der Waals surface area contributed by atoms with Gasteiger partial charge in [-0.25, -0.2) is 0 Å². The van der Waals surface area contributed by atoms with Crippen LogP contribution in [-0.2, 0) is 6.42 Å². The molecule has 1 N–H and O–H groups in total. The van der Waals surface area contributed by atoms with Crippen LogP contribution >= 0.6 is 0 Å². The second-order valence-electron chi connectivity index (χ2n) is 7.36. The fraction of sp³-hybridized carbons (Fsp3) is 0.474. The van der Waals surface area contributed by atoms with E-state index in [2.05, 4.69) is 30.1 Å². The molecule has 132 valence electrons. The van der Waals surface area contributed by atoms with Crippen molar-refractivity contribution in [3.05, 3.63) is 41.7 Å². The topological polar surface area (TPSA) is 67.5 Å². The van der Waals surface area contributed by atoms with E-state index < -0.39 is 0 Å². The lowest BCUT2D eigenvalue weighted by atomic mass is 10.0. The smallest absolute Gasteiger partial charge is 0.271 e. The number of para-hydroxylation sites is 1. The first kappa shape index (κ1) is 16.0. The Balaban J connectivity index is 1.39. The Hall–Kier alpha value is -2.50. The molecule has 4 rings (SSSR count). The van der Waals surface area contributed by atoms with Gasteiger partial charge in [0.15, 0.2) is 11.5 Å². The van der Waals surface area contributed by atoms with Crippen molar-refractivity contribution < 1.29 is 14.3 Å². The average molecular weight is 341 g/mol. The van der Waals surface area contributed by atoms with Crippen LogP contribution in [0.15, 0.2) is 30.5 Å². The number of aromatic amines is 1. The Morgan fingerprint density at radius 3 is 2.84 bits per heavy atom. The van der Waals surface area contributed by atoms with Crippen LogP contribution in [0.5, 0.6) is 11.5 Å². The van der Waals surface area contributed by atoms with Gasteiger partial charge in [0.2, 0.25) is 0 Å². The lowest BCUT2D eigenvalue weighted by molar-refractivity contribution is 0.0573. The van der Waals surface area contributed by atoms with Crippen molar-refractivity contribution in [2.45, 2.75) is 44.8 Å². The third-order valence-electron chi connectivity index (χ3n) is 4.81. The first-order chi connectivity index (χ1) is 12.0. The van der Waals surface area contributed by atoms with Gasteiger partial charge in [-0.05, 0) is 26.0 Å². The van der Waals surface area contributed by atoms with Crippen LogP contribution in [0.4, 0.5) is 0 Å². The fourth-order valence-electron chi connectivity index (χ4n) is 3.58. The average Bonchev–Trinajstić information content (AvgIpc) is 3.22. The van der Waals surface area contributed by atoms with E-state index in [0.29, 0.717) is 18.8 Å². The van der Waals surface area contributed by atoms with E-state index >= 15 is 0 Å². The third-order valence-corrected chi connectivity index (χ3v) is 4.81. The van der Waals surface area contributed by atoms with Crippen LogP contribution in [0, 0.1) is 0 Å². The molecule has 0 radical (unpaired) electrons. The maximum absolute atomic E-state index is 12.3. The molecule has 6 heteroatoms. The minimum atomic E-state index is -0.179. The molecule has 0 spiro atoms. The van der Waals surface area contributed by atoms with Crippen LogP contribution in [0.2, 0.25) is 0 Å². The van der Waals surface area contributed by atoms with Crippen LogP contribution in [0.25, 0.3) is 0 Å². The van der Waals surface area contributed by atoms with Gasteiger partial charge in [0.25, 0.3) is 5.91 Å². The van der Waals surface area contributed by atoms with Crippen LogP contribution < -0.4 is 9.47 Å². The highest BCUT2D eigenvalue weighted by Gasteiger charge is 2.33. The van der Waals surface area contributed by atoms with Gasteiger partial charge in [0.05, 0.1) is 0 Å². The van der Waals surface area contributed by atoms with Crippen molar-refractivity contribution >= 4 is 5.91 Å². The van der Waals surface area contributed by atoms with Crippen molar-refractivity contribution in [3.63, 3.8) is 0 Å². The number of nitrogens with zero attached hydrogens (tertiary/aromatic N) is 2. The van der Waals surface area contributed by atoms with Gasteiger partial charge in [-0.2, -0.15) is 5.10 Å². The molecule has 2 aromatic rings. The van der Waals surface area contributed by atoms with E-state index in [9.17, 15) is 4.79 Å². The van der Waals surface area contributed by atoms with Crippen molar-refractivity contribution in [2.75, 3.05) is 13.1 Å². The Morgan fingerprint density at radius 2 is 2.12 bits per heavy atom. The van der Waals surface area contributed by atoms with Crippen LogP contribution in [0.3, 0.4) is 0 Å². The zero-order chi connectivity index (χ0) is 17.4. The fourth-order valence-corrected chi connectivity index (χ4v) is 3.58. The lowest BCUT2D eigenvalue weighted by Gasteiger charge is -2.32. The quantitative estimate of drug-likeness (QED) is 0.932. The highest BCUT2D eigenvalue weighted by Crippen LogP contribution is 2.42. The van der Waals surface area contributed by atoms with E-state index in [1.165, 1.54) is 5.56 Å². The molecule has 3 heterocycles. The Labute approximate surface area is 147 Å². The summed E-state index contributed by atoms with van der Waals surface area (Å²) < 4.78 is 12.3. The molecule has 0 atom stereocenters. The molecule has 1 aromatic carbocycles. The van der Waals surface area contributed by atoms with E-state index in [0.717, 1.165) is 30.8 Å². The Kier molecular flexibility index (Phi) is 3.90. The molecule has 2 aliphatic rings. The number of benzene rings is 1. The molecular weight excluding hydrogens is 318 g/mol. The van der Waals surface area contributed by atoms with E-state index in [-0.39, 0.29) is 17.6 Å². The number of piperidine rings is 1. The second kappa shape index (κ2) is 6.10. The summed E-state index contributed by atoms with van der Waals surface area (Å²) in [5, 5.41) is 6.57. The minimum Gasteiger partial charge on any atom is -0.486 e. The number of carbonyl (C=O) groups is 1. The number of rotatable bonds is 3. The first-order valence-electron chi connectivity index (χ1n) is 8.78. The molecule has 0 saturated carbocycles. The highest BCUT2D eigenvalue weighted by molar-refractivity contribution is 5.92. The molecular formula is C19H23N3O3. The summed E-state index contributed by atoms with van der Waals surface area (Å²) in [4.78, 5) is 14.2. The highest BCUT2D eigenvalue weighted by atomic mass is 16.5. The number of ether oxygens (including phenoxy) is 2. The molecule has 0 bridgehead atoms. The summed E-state index contributed by atoms with van der Waals surface area (Å²) in [6.45, 7) is 5.56. The van der Waals surface area contributed by atoms with E-state index in [4.69, 9.17) is 9.47 Å². The van der Waals surface area contributed by atoms with E-state index in [1.54, 1.807) is 12.3 Å². The number of amides is 1. The first-order valence-corrected chi connectivity index (χ1v) is 8.78. The Morgan fingerprint density at radius 1 is 1.32 bits per heavy atom. The lowest BCUT2D eigenvalue weighted by Crippen LogP contribution is -2.42. The predicted molar refractivity (Wildman–Crippen MR) is 93.0 cm³/mol. The van der Waals surface area contributed by atoms with Crippen molar-refractivity contribution in [1.29, 1.82) is 0 Å². The number of hydrogen-bond acceptors (Lipinski definition) is 4. The summed E-state index contributed by atoms with van der Waals surface area (Å²) in [5.74, 6) is 1.70. The number of hydrogen-bond donors (Lipinski definition) is 1. The molecule has 0 aliphatic carbocycles. The van der Waals surface area contributed by atoms with E-state index in [1.807, 2.05) is 17.0 Å². The number of carbonyl (C=O) groups excluding carboxylic acids is 1. The van der Waals surface area contributed by atoms with Gasteiger partial charge in [-0.3, -0.25) is 9.89 Å². The Bertz CT molecular complexity index is 762. The van der Waals surface area contributed by atoms with Crippen molar-refractivity contribution in [3.8, 4) is 11.5 Å². The second-order valence-corrected chi connectivity index (χ2v) is 7.36. The van der Waals surface area contributed by atoms with Gasteiger partial charge >= 0.3 is 0 Å². The number of nitrogens with one attached hydrogen (secondary N) is 1. The van der Waals surface area contributed by atoms with Crippen molar-refractivity contribution in [1.82, 2.24) is 15.1 Å². The SMILES string of the molecule is CC1(C)Cc2cccc(OC3CCN(C(=O)c4ccn[nH]4)CC3)c2O1. The number of fused-ring (bicyclic) bond motifs is 1. The number of aromatic nitrogens is 2. The summed E-state index contributed by atoms with van der Waals surface area (Å²) >= 11 is 0. The standard InChI is InChI=1S/C19H23N3O3/c1-19(2)12-13-4-3-5-16(17(13)25-19)24-14-7-10-22(11-8-14)18(23)15-6-9-20-21-15/h3-6,9,14H,7-8,10-12H2,1-2H3,(H,20,21).